The zero-order valence-electron chi connectivity index (χ0n) is 23.6. The van der Waals surface area contributed by atoms with Gasteiger partial charge in [-0.1, -0.05) is 65.2 Å². The van der Waals surface area contributed by atoms with Crippen molar-refractivity contribution in [1.29, 1.82) is 0 Å². The van der Waals surface area contributed by atoms with Crippen molar-refractivity contribution in [3.05, 3.63) is 125 Å². The van der Waals surface area contributed by atoms with E-state index in [0.717, 1.165) is 60.5 Å². The van der Waals surface area contributed by atoms with Gasteiger partial charge in [-0.15, -0.1) is 11.8 Å². The van der Waals surface area contributed by atoms with Crippen LogP contribution in [-0.4, -0.2) is 22.2 Å². The number of amides is 2. The molecule has 2 heterocycles. The average molecular weight is 592 g/mol. The van der Waals surface area contributed by atoms with E-state index in [9.17, 15) is 4.79 Å². The lowest BCUT2D eigenvalue weighted by molar-refractivity contribution is 0.202. The molecule has 210 valence electrons. The minimum absolute atomic E-state index is 0.233. The van der Waals surface area contributed by atoms with E-state index in [1.54, 1.807) is 22.9 Å². The number of anilines is 1. The van der Waals surface area contributed by atoms with Gasteiger partial charge in [0.2, 0.25) is 0 Å². The van der Waals surface area contributed by atoms with Gasteiger partial charge in [0.25, 0.3) is 0 Å². The quantitative estimate of drug-likeness (QED) is 0.188. The van der Waals surface area contributed by atoms with Crippen molar-refractivity contribution in [3.63, 3.8) is 0 Å². The van der Waals surface area contributed by atoms with Crippen molar-refractivity contribution >= 4 is 57.0 Å². The second-order valence-corrected chi connectivity index (χ2v) is 11.7. The summed E-state index contributed by atoms with van der Waals surface area (Å²) in [6.07, 6.45) is 3.76. The lowest BCUT2D eigenvalue weighted by atomic mass is 9.99. The highest BCUT2D eigenvalue weighted by Gasteiger charge is 2.23. The molecular formula is C35H30ClN3O2S. The van der Waals surface area contributed by atoms with E-state index in [-0.39, 0.29) is 12.6 Å². The molecule has 42 heavy (non-hydrogen) atoms. The largest absolute Gasteiger partial charge is 0.459 e. The lowest BCUT2D eigenvalue weighted by Crippen LogP contribution is -2.34. The van der Waals surface area contributed by atoms with Crippen LogP contribution in [0.25, 0.3) is 33.0 Å². The van der Waals surface area contributed by atoms with Crippen LogP contribution in [0.15, 0.2) is 107 Å². The van der Waals surface area contributed by atoms with Crippen molar-refractivity contribution in [1.82, 2.24) is 9.88 Å². The number of rotatable bonds is 7. The van der Waals surface area contributed by atoms with E-state index < -0.39 is 0 Å². The molecule has 0 aliphatic heterocycles. The van der Waals surface area contributed by atoms with Crippen molar-refractivity contribution in [2.75, 3.05) is 11.6 Å². The minimum Gasteiger partial charge on any atom is -0.459 e. The number of hydrogen-bond acceptors (Lipinski definition) is 4. The highest BCUT2D eigenvalue weighted by atomic mass is 35.5. The summed E-state index contributed by atoms with van der Waals surface area (Å²) in [5.74, 6) is 0.730. The van der Waals surface area contributed by atoms with Gasteiger partial charge in [0.1, 0.15) is 11.3 Å². The van der Waals surface area contributed by atoms with Gasteiger partial charge in [-0.2, -0.15) is 0 Å². The van der Waals surface area contributed by atoms with Gasteiger partial charge < -0.3 is 14.6 Å². The monoisotopic (exact) mass is 591 g/mol. The molecule has 4 aromatic carbocycles. The molecule has 5 nitrogen and oxygen atoms in total. The fourth-order valence-electron chi connectivity index (χ4n) is 5.21. The van der Waals surface area contributed by atoms with E-state index in [1.807, 2.05) is 66.9 Å². The molecular weight excluding hydrogens is 562 g/mol. The van der Waals surface area contributed by atoms with Crippen LogP contribution in [0.4, 0.5) is 10.5 Å². The summed E-state index contributed by atoms with van der Waals surface area (Å²) in [4.78, 5) is 21.4. The standard InChI is InChI=1S/C35H30ClN3O2S/c1-22-6-11-25(12-7-22)33-28-19-23(2)8-16-30(28)41-31(33)21-39(20-24-9-13-26(36)14-10-24)35(40)38-34-27-5-4-18-37-29(27)15-17-32(34)42-3/h4-19H,20-21H2,1-3H3,(H,38,40). The molecule has 2 aromatic heterocycles. The maximum Gasteiger partial charge on any atom is 0.322 e. The first-order chi connectivity index (χ1) is 20.4. The van der Waals surface area contributed by atoms with Gasteiger partial charge in [0.15, 0.2) is 0 Å². The van der Waals surface area contributed by atoms with Crippen molar-refractivity contribution in [3.8, 4) is 11.1 Å². The number of furan rings is 1. The maximum atomic E-state index is 14.2. The Morgan fingerprint density at radius 1 is 0.905 bits per heavy atom. The van der Waals surface area contributed by atoms with Gasteiger partial charge in [0, 0.05) is 39.0 Å². The predicted octanol–water partition coefficient (Wildman–Crippen LogP) is 9.87. The van der Waals surface area contributed by atoms with E-state index in [1.165, 1.54) is 5.56 Å². The molecule has 7 heteroatoms. The number of fused-ring (bicyclic) bond motifs is 2. The smallest absolute Gasteiger partial charge is 0.322 e. The van der Waals surface area contributed by atoms with Crippen LogP contribution in [0.5, 0.6) is 0 Å². The number of urea groups is 1. The second-order valence-electron chi connectivity index (χ2n) is 10.4. The summed E-state index contributed by atoms with van der Waals surface area (Å²) >= 11 is 7.76. The summed E-state index contributed by atoms with van der Waals surface area (Å²) in [6.45, 7) is 4.78. The molecule has 1 N–H and O–H groups in total. The summed E-state index contributed by atoms with van der Waals surface area (Å²) in [5, 5.41) is 5.80. The number of halogens is 1. The molecule has 0 spiro atoms. The van der Waals surface area contributed by atoms with Crippen LogP contribution in [0, 0.1) is 13.8 Å². The number of aryl methyl sites for hydroxylation is 2. The predicted molar refractivity (Wildman–Crippen MR) is 174 cm³/mol. The molecule has 0 saturated carbocycles. The van der Waals surface area contributed by atoms with Crippen LogP contribution in [0.3, 0.4) is 0 Å². The van der Waals surface area contributed by atoms with Gasteiger partial charge >= 0.3 is 6.03 Å². The number of thioether (sulfide) groups is 1. The van der Waals surface area contributed by atoms with E-state index >= 15 is 0 Å². The van der Waals surface area contributed by atoms with E-state index in [0.29, 0.717) is 11.6 Å². The Morgan fingerprint density at radius 2 is 1.67 bits per heavy atom. The summed E-state index contributed by atoms with van der Waals surface area (Å²) in [7, 11) is 0. The number of nitrogens with one attached hydrogen (secondary N) is 1. The topological polar surface area (TPSA) is 58.4 Å². The first-order valence-electron chi connectivity index (χ1n) is 13.7. The Labute approximate surface area is 254 Å². The number of carbonyl (C=O) groups excluding carboxylic acids is 1. The first-order valence-corrected chi connectivity index (χ1v) is 15.3. The van der Waals surface area contributed by atoms with Gasteiger partial charge in [-0.25, -0.2) is 4.79 Å². The van der Waals surface area contributed by atoms with Crippen molar-refractivity contribution in [2.45, 2.75) is 31.8 Å². The van der Waals surface area contributed by atoms with Gasteiger partial charge in [0.05, 0.1) is 17.7 Å². The van der Waals surface area contributed by atoms with Crippen LogP contribution < -0.4 is 5.32 Å². The van der Waals surface area contributed by atoms with Gasteiger partial charge in [-0.3, -0.25) is 4.98 Å². The van der Waals surface area contributed by atoms with Crippen LogP contribution in [0.2, 0.25) is 5.02 Å². The summed E-state index contributed by atoms with van der Waals surface area (Å²) < 4.78 is 6.48. The summed E-state index contributed by atoms with van der Waals surface area (Å²) in [5.41, 5.74) is 7.71. The van der Waals surface area contributed by atoms with Gasteiger partial charge in [-0.05, 0) is 79.8 Å². The van der Waals surface area contributed by atoms with Crippen LogP contribution in [-0.2, 0) is 13.1 Å². The third kappa shape index (κ3) is 5.73. The lowest BCUT2D eigenvalue weighted by Gasteiger charge is -2.24. The maximum absolute atomic E-state index is 14.2. The molecule has 0 atom stereocenters. The Bertz CT molecular complexity index is 1900. The number of pyridine rings is 1. The molecule has 0 bridgehead atoms. The Morgan fingerprint density at radius 3 is 2.43 bits per heavy atom. The molecule has 6 aromatic rings. The van der Waals surface area contributed by atoms with E-state index in [4.69, 9.17) is 16.0 Å². The Kier molecular flexibility index (Phi) is 7.92. The number of aromatic nitrogens is 1. The zero-order valence-corrected chi connectivity index (χ0v) is 25.2. The molecule has 0 radical (unpaired) electrons. The number of benzene rings is 4. The van der Waals surface area contributed by atoms with Crippen LogP contribution in [0.1, 0.15) is 22.5 Å². The minimum atomic E-state index is -0.233. The SMILES string of the molecule is CSc1ccc2ncccc2c1NC(=O)N(Cc1ccc(Cl)cc1)Cc1oc2ccc(C)cc2c1-c1ccc(C)cc1. The number of nitrogens with zero attached hydrogens (tertiary/aromatic N) is 2. The molecule has 6 rings (SSSR count). The molecule has 0 aliphatic rings. The van der Waals surface area contributed by atoms with Crippen LogP contribution >= 0.6 is 23.4 Å². The third-order valence-corrected chi connectivity index (χ3v) is 8.40. The second kappa shape index (κ2) is 11.9. The molecule has 0 aliphatic carbocycles. The average Bonchev–Trinajstić information content (AvgIpc) is 3.35. The third-order valence-electron chi connectivity index (χ3n) is 7.36. The molecule has 0 saturated heterocycles. The molecule has 0 unspecified atom stereocenters. The Balaban J connectivity index is 1.43. The first kappa shape index (κ1) is 27.9. The number of carbonyl (C=O) groups is 1. The van der Waals surface area contributed by atoms with E-state index in [2.05, 4.69) is 54.5 Å². The summed E-state index contributed by atoms with van der Waals surface area (Å²) in [6, 6.07) is 29.8. The Hall–Kier alpha value is -4.26. The highest BCUT2D eigenvalue weighted by molar-refractivity contribution is 7.98. The molecule has 0 fully saturated rings. The molecule has 2 amide bonds. The normalized spacial score (nSPS) is 11.2. The van der Waals surface area contributed by atoms with Crippen molar-refractivity contribution in [2.24, 2.45) is 0 Å². The fraction of sp³-hybridized carbons (Fsp3) is 0.143. The van der Waals surface area contributed by atoms with Crippen molar-refractivity contribution < 1.29 is 9.21 Å². The number of hydrogen-bond donors (Lipinski definition) is 1. The highest BCUT2D eigenvalue weighted by Crippen LogP contribution is 2.37. The fourth-order valence-corrected chi connectivity index (χ4v) is 5.91. The zero-order chi connectivity index (χ0) is 29.2.